The second kappa shape index (κ2) is 9.78. The minimum Gasteiger partial charge on any atom is -0.465 e. The van der Waals surface area contributed by atoms with E-state index in [0.717, 1.165) is 17.1 Å². The number of rotatable bonds is 7. The topological polar surface area (TPSA) is 81.7 Å². The fraction of sp³-hybridized carbons (Fsp3) is 0.250. The molecule has 0 atom stereocenters. The summed E-state index contributed by atoms with van der Waals surface area (Å²) in [7, 11) is 2.49. The van der Waals surface area contributed by atoms with Crippen molar-refractivity contribution in [3.05, 3.63) is 59.2 Å². The van der Waals surface area contributed by atoms with Crippen LogP contribution in [0.3, 0.4) is 0 Å². The Hall–Kier alpha value is -2.80. The van der Waals surface area contributed by atoms with Gasteiger partial charge < -0.3 is 14.8 Å². The summed E-state index contributed by atoms with van der Waals surface area (Å²) in [6.07, 6.45) is 0.990. The number of thioether (sulfide) groups is 1. The Kier molecular flexibility index (Phi) is 7.43. The van der Waals surface area contributed by atoms with Crippen LogP contribution < -0.4 is 5.32 Å². The third-order valence-corrected chi connectivity index (χ3v) is 4.91. The summed E-state index contributed by atoms with van der Waals surface area (Å²) in [4.78, 5) is 37.3. The van der Waals surface area contributed by atoms with Crippen molar-refractivity contribution in [3.63, 3.8) is 0 Å². The lowest BCUT2D eigenvalue weighted by Crippen LogP contribution is -2.15. The van der Waals surface area contributed by atoms with Gasteiger partial charge in [-0.05, 0) is 42.5 Å². The number of esters is 2. The molecule has 142 valence electrons. The highest BCUT2D eigenvalue weighted by Crippen LogP contribution is 2.25. The number of nitrogens with one attached hydrogen (secondary N) is 1. The Bertz CT molecular complexity index is 816. The number of carbonyl (C=O) groups excluding carboxylic acids is 3. The van der Waals surface area contributed by atoms with Gasteiger partial charge in [0.1, 0.15) is 0 Å². The normalized spacial score (nSPS) is 10.2. The average molecular weight is 387 g/mol. The second-order valence-corrected chi connectivity index (χ2v) is 6.72. The summed E-state index contributed by atoms with van der Waals surface area (Å²) in [6, 6.07) is 11.6. The molecule has 2 aromatic rings. The van der Waals surface area contributed by atoms with E-state index in [1.807, 2.05) is 12.1 Å². The highest BCUT2D eigenvalue weighted by molar-refractivity contribution is 7.99. The summed E-state index contributed by atoms with van der Waals surface area (Å²) < 4.78 is 9.41. The zero-order valence-corrected chi connectivity index (χ0v) is 16.2. The molecule has 0 unspecified atom stereocenters. The van der Waals surface area contributed by atoms with Gasteiger partial charge in [-0.25, -0.2) is 9.59 Å². The third kappa shape index (κ3) is 5.34. The number of benzene rings is 2. The maximum absolute atomic E-state index is 12.7. The van der Waals surface area contributed by atoms with Crippen LogP contribution in [0, 0.1) is 0 Å². The highest BCUT2D eigenvalue weighted by Gasteiger charge is 2.17. The Morgan fingerprint density at radius 1 is 0.963 bits per heavy atom. The molecule has 2 aromatic carbocycles. The van der Waals surface area contributed by atoms with Crippen molar-refractivity contribution in [2.75, 3.05) is 25.3 Å². The third-order valence-electron chi connectivity index (χ3n) is 3.63. The number of hydrogen-bond acceptors (Lipinski definition) is 6. The fourth-order valence-electron chi connectivity index (χ4n) is 2.36. The monoisotopic (exact) mass is 387 g/mol. The summed E-state index contributed by atoms with van der Waals surface area (Å²) in [6.45, 7) is 2.07. The number of hydrogen-bond donors (Lipinski definition) is 1. The van der Waals surface area contributed by atoms with E-state index in [1.54, 1.807) is 23.9 Å². The van der Waals surface area contributed by atoms with Gasteiger partial charge in [-0.3, -0.25) is 4.79 Å². The molecule has 0 saturated heterocycles. The van der Waals surface area contributed by atoms with Crippen molar-refractivity contribution in [1.82, 2.24) is 0 Å². The molecule has 0 bridgehead atoms. The molecule has 6 nitrogen and oxygen atoms in total. The molecule has 0 radical (unpaired) electrons. The van der Waals surface area contributed by atoms with Crippen molar-refractivity contribution in [3.8, 4) is 0 Å². The van der Waals surface area contributed by atoms with Crippen molar-refractivity contribution >= 4 is 35.3 Å². The minimum atomic E-state index is -0.616. The molecule has 27 heavy (non-hydrogen) atoms. The molecular weight excluding hydrogens is 366 g/mol. The molecule has 0 spiro atoms. The van der Waals surface area contributed by atoms with Gasteiger partial charge in [-0.15, -0.1) is 11.8 Å². The SMILES string of the molecule is CCCSc1ccccc1C(=O)Nc1cc(C(=O)OC)cc(C(=O)OC)c1. The Labute approximate surface area is 162 Å². The lowest BCUT2D eigenvalue weighted by Gasteiger charge is -2.12. The fourth-order valence-corrected chi connectivity index (χ4v) is 3.28. The van der Waals surface area contributed by atoms with Crippen LogP contribution in [0.4, 0.5) is 5.69 Å². The van der Waals surface area contributed by atoms with Crippen molar-refractivity contribution in [2.24, 2.45) is 0 Å². The van der Waals surface area contributed by atoms with Gasteiger partial charge in [-0.1, -0.05) is 19.1 Å². The van der Waals surface area contributed by atoms with E-state index in [2.05, 4.69) is 12.2 Å². The number of ether oxygens (including phenoxy) is 2. The number of methoxy groups -OCH3 is 2. The molecule has 0 saturated carbocycles. The zero-order valence-electron chi connectivity index (χ0n) is 15.4. The Morgan fingerprint density at radius 3 is 2.11 bits per heavy atom. The van der Waals surface area contributed by atoms with Gasteiger partial charge in [0.05, 0.1) is 30.9 Å². The van der Waals surface area contributed by atoms with Crippen molar-refractivity contribution < 1.29 is 23.9 Å². The maximum atomic E-state index is 12.7. The molecular formula is C20H21NO5S. The molecule has 2 rings (SSSR count). The van der Waals surface area contributed by atoms with Crippen LogP contribution in [-0.2, 0) is 9.47 Å². The van der Waals surface area contributed by atoms with E-state index < -0.39 is 11.9 Å². The smallest absolute Gasteiger partial charge is 0.337 e. The van der Waals surface area contributed by atoms with E-state index in [1.165, 1.54) is 32.4 Å². The van der Waals surface area contributed by atoms with Gasteiger partial charge in [0.15, 0.2) is 0 Å². The van der Waals surface area contributed by atoms with Crippen LogP contribution in [0.1, 0.15) is 44.4 Å². The minimum absolute atomic E-state index is 0.143. The second-order valence-electron chi connectivity index (χ2n) is 5.58. The van der Waals surface area contributed by atoms with Crippen LogP contribution in [0.2, 0.25) is 0 Å². The van der Waals surface area contributed by atoms with Gasteiger partial charge in [0.2, 0.25) is 0 Å². The number of amides is 1. The van der Waals surface area contributed by atoms with E-state index in [-0.39, 0.29) is 17.0 Å². The first-order valence-electron chi connectivity index (χ1n) is 8.35. The first kappa shape index (κ1) is 20.5. The summed E-state index contributed by atoms with van der Waals surface area (Å²) >= 11 is 1.60. The van der Waals surface area contributed by atoms with Crippen LogP contribution in [-0.4, -0.2) is 37.8 Å². The predicted octanol–water partition coefficient (Wildman–Crippen LogP) is 4.01. The quantitative estimate of drug-likeness (QED) is 0.571. The van der Waals surface area contributed by atoms with Crippen molar-refractivity contribution in [1.29, 1.82) is 0 Å². The zero-order chi connectivity index (χ0) is 19.8. The van der Waals surface area contributed by atoms with Crippen LogP contribution >= 0.6 is 11.8 Å². The molecule has 0 heterocycles. The summed E-state index contributed by atoms with van der Waals surface area (Å²) in [5.41, 5.74) is 1.12. The van der Waals surface area contributed by atoms with Gasteiger partial charge in [-0.2, -0.15) is 0 Å². The molecule has 1 amide bonds. The Morgan fingerprint density at radius 2 is 1.56 bits per heavy atom. The van der Waals surface area contributed by atoms with Crippen LogP contribution in [0.5, 0.6) is 0 Å². The lowest BCUT2D eigenvalue weighted by molar-refractivity contribution is 0.0599. The van der Waals surface area contributed by atoms with E-state index >= 15 is 0 Å². The lowest BCUT2D eigenvalue weighted by atomic mass is 10.1. The van der Waals surface area contributed by atoms with Crippen molar-refractivity contribution in [2.45, 2.75) is 18.2 Å². The summed E-state index contributed by atoms with van der Waals surface area (Å²) in [5, 5.41) is 2.75. The van der Waals surface area contributed by atoms with Crippen LogP contribution in [0.15, 0.2) is 47.4 Å². The van der Waals surface area contributed by atoms with Gasteiger partial charge in [0, 0.05) is 10.6 Å². The molecule has 0 aliphatic carbocycles. The molecule has 0 fully saturated rings. The first-order valence-corrected chi connectivity index (χ1v) is 9.33. The number of anilines is 1. The molecule has 1 N–H and O–H groups in total. The molecule has 0 aromatic heterocycles. The first-order chi connectivity index (χ1) is 13.0. The summed E-state index contributed by atoms with van der Waals surface area (Å²) in [5.74, 6) is -0.661. The largest absolute Gasteiger partial charge is 0.465 e. The average Bonchev–Trinajstić information content (AvgIpc) is 2.70. The Balaban J connectivity index is 2.34. The molecule has 0 aliphatic rings. The van der Waals surface area contributed by atoms with Gasteiger partial charge >= 0.3 is 11.9 Å². The predicted molar refractivity (Wildman–Crippen MR) is 105 cm³/mol. The highest BCUT2D eigenvalue weighted by atomic mass is 32.2. The van der Waals surface area contributed by atoms with Gasteiger partial charge in [0.25, 0.3) is 5.91 Å². The standard InChI is InChI=1S/C20H21NO5S/c1-4-9-27-17-8-6-5-7-16(17)18(22)21-15-11-13(19(23)25-2)10-14(12-15)20(24)26-3/h5-8,10-12H,4,9H2,1-3H3,(H,21,22). The maximum Gasteiger partial charge on any atom is 0.337 e. The number of carbonyl (C=O) groups is 3. The molecule has 7 heteroatoms. The van der Waals surface area contributed by atoms with E-state index in [9.17, 15) is 14.4 Å². The molecule has 0 aliphatic heterocycles. The van der Waals surface area contributed by atoms with Crippen LogP contribution in [0.25, 0.3) is 0 Å². The van der Waals surface area contributed by atoms with E-state index in [0.29, 0.717) is 11.3 Å². The van der Waals surface area contributed by atoms with E-state index in [4.69, 9.17) is 9.47 Å².